The molecular weight excluding hydrogens is 390 g/mol. The van der Waals surface area contributed by atoms with Crippen LogP contribution in [0.2, 0.25) is 0 Å². The van der Waals surface area contributed by atoms with Gasteiger partial charge in [-0.2, -0.15) is 9.41 Å². The molecule has 0 amide bonds. The molecule has 8 nitrogen and oxygen atoms in total. The highest BCUT2D eigenvalue weighted by atomic mass is 32.2. The number of hydrazone groups is 1. The maximum Gasteiger partial charge on any atom is 0.245 e. The summed E-state index contributed by atoms with van der Waals surface area (Å²) in [5, 5.41) is 14.5. The predicted octanol–water partition coefficient (Wildman–Crippen LogP) is 0.841. The van der Waals surface area contributed by atoms with E-state index in [0.29, 0.717) is 36.6 Å². The fourth-order valence-electron chi connectivity index (χ4n) is 3.19. The number of phenolic OH excluding ortho intramolecular Hbond substituents is 1. The van der Waals surface area contributed by atoms with Crippen LogP contribution in [0.3, 0.4) is 0 Å². The summed E-state index contributed by atoms with van der Waals surface area (Å²) >= 11 is 0. The van der Waals surface area contributed by atoms with Gasteiger partial charge in [0, 0.05) is 11.8 Å². The van der Waals surface area contributed by atoms with Crippen LogP contribution in [0.4, 0.5) is 5.82 Å². The lowest BCUT2D eigenvalue weighted by atomic mass is 10.0. The van der Waals surface area contributed by atoms with E-state index in [1.54, 1.807) is 18.2 Å². The number of nitrogens with zero attached hydrogens (tertiary/aromatic N) is 3. The fraction of sp³-hybridized carbons (Fsp3) is 0.400. The van der Waals surface area contributed by atoms with Crippen LogP contribution in [0.1, 0.15) is 24.5 Å². The Bertz CT molecular complexity index is 982. The van der Waals surface area contributed by atoms with E-state index in [4.69, 9.17) is 0 Å². The zero-order valence-electron chi connectivity index (χ0n) is 17.0. The second-order valence-corrected chi connectivity index (χ2v) is 9.22. The SMILES string of the molecule is CC/C(=N\Nc1ccc(S(=O)(=O)N2CC[NH+](C)CC2)cn1)c1cc(C)ccc1O. The van der Waals surface area contributed by atoms with Gasteiger partial charge in [-0.25, -0.2) is 13.4 Å². The second kappa shape index (κ2) is 8.89. The highest BCUT2D eigenvalue weighted by molar-refractivity contribution is 7.89. The number of aromatic hydroxyl groups is 1. The van der Waals surface area contributed by atoms with Crippen molar-refractivity contribution >= 4 is 21.6 Å². The number of nitrogens with one attached hydrogen (secondary N) is 2. The number of aromatic nitrogens is 1. The van der Waals surface area contributed by atoms with E-state index in [2.05, 4.69) is 22.6 Å². The lowest BCUT2D eigenvalue weighted by Gasteiger charge is -2.29. The van der Waals surface area contributed by atoms with Crippen LogP contribution in [0.15, 0.2) is 46.5 Å². The van der Waals surface area contributed by atoms with Crippen LogP contribution in [0.25, 0.3) is 0 Å². The summed E-state index contributed by atoms with van der Waals surface area (Å²) < 4.78 is 27.1. The molecule has 9 heteroatoms. The minimum atomic E-state index is -3.53. The Morgan fingerprint density at radius 3 is 2.62 bits per heavy atom. The van der Waals surface area contributed by atoms with E-state index in [-0.39, 0.29) is 10.6 Å². The maximum absolute atomic E-state index is 12.8. The molecule has 0 saturated carbocycles. The topological polar surface area (TPSA) is 99.3 Å². The number of rotatable bonds is 6. The molecule has 29 heavy (non-hydrogen) atoms. The van der Waals surface area contributed by atoms with Gasteiger partial charge in [-0.3, -0.25) is 5.43 Å². The van der Waals surface area contributed by atoms with Crippen molar-refractivity contribution < 1.29 is 18.4 Å². The van der Waals surface area contributed by atoms with Crippen LogP contribution in [-0.4, -0.2) is 61.8 Å². The van der Waals surface area contributed by atoms with Crippen molar-refractivity contribution in [1.29, 1.82) is 0 Å². The lowest BCUT2D eigenvalue weighted by Crippen LogP contribution is -3.12. The maximum atomic E-state index is 12.8. The Morgan fingerprint density at radius 2 is 2.00 bits per heavy atom. The number of sulfonamides is 1. The van der Waals surface area contributed by atoms with Gasteiger partial charge in [0.05, 0.1) is 38.9 Å². The molecule has 1 aromatic heterocycles. The van der Waals surface area contributed by atoms with Gasteiger partial charge in [0.25, 0.3) is 0 Å². The summed E-state index contributed by atoms with van der Waals surface area (Å²) in [6.07, 6.45) is 1.97. The van der Waals surface area contributed by atoms with Crippen molar-refractivity contribution in [1.82, 2.24) is 9.29 Å². The van der Waals surface area contributed by atoms with Crippen LogP contribution in [-0.2, 0) is 10.0 Å². The molecule has 2 heterocycles. The summed E-state index contributed by atoms with van der Waals surface area (Å²) in [5.74, 6) is 0.603. The van der Waals surface area contributed by atoms with Crippen LogP contribution >= 0.6 is 0 Å². The van der Waals surface area contributed by atoms with E-state index in [0.717, 1.165) is 18.7 Å². The molecule has 0 radical (unpaired) electrons. The lowest BCUT2D eigenvalue weighted by molar-refractivity contribution is -0.883. The molecule has 0 unspecified atom stereocenters. The molecule has 3 rings (SSSR count). The van der Waals surface area contributed by atoms with E-state index < -0.39 is 10.0 Å². The molecule has 1 fully saturated rings. The summed E-state index contributed by atoms with van der Waals surface area (Å²) in [5.41, 5.74) is 5.23. The van der Waals surface area contributed by atoms with Gasteiger partial charge in [-0.05, 0) is 37.6 Å². The largest absolute Gasteiger partial charge is 0.507 e. The van der Waals surface area contributed by atoms with Gasteiger partial charge in [-0.15, -0.1) is 0 Å². The number of hydrogen-bond donors (Lipinski definition) is 3. The first-order valence-corrected chi connectivity index (χ1v) is 11.2. The quantitative estimate of drug-likeness (QED) is 0.477. The summed E-state index contributed by atoms with van der Waals surface area (Å²) in [7, 11) is -1.47. The second-order valence-electron chi connectivity index (χ2n) is 7.28. The molecule has 3 N–H and O–H groups in total. The zero-order chi connectivity index (χ0) is 21.0. The average molecular weight is 419 g/mol. The molecule has 156 valence electrons. The molecule has 1 saturated heterocycles. The summed E-state index contributed by atoms with van der Waals surface area (Å²) in [6.45, 7) is 6.52. The third kappa shape index (κ3) is 4.92. The number of quaternary nitrogens is 1. The molecule has 1 aliphatic rings. The molecule has 1 aliphatic heterocycles. The number of piperazine rings is 1. The van der Waals surface area contributed by atoms with Crippen LogP contribution < -0.4 is 10.3 Å². The van der Waals surface area contributed by atoms with Crippen LogP contribution in [0, 0.1) is 6.92 Å². The van der Waals surface area contributed by atoms with Crippen molar-refractivity contribution in [3.05, 3.63) is 47.7 Å². The number of hydrogen-bond acceptors (Lipinski definition) is 6. The molecule has 0 bridgehead atoms. The number of benzene rings is 1. The Morgan fingerprint density at radius 1 is 1.28 bits per heavy atom. The summed E-state index contributed by atoms with van der Waals surface area (Å²) in [6, 6.07) is 8.50. The van der Waals surface area contributed by atoms with Crippen molar-refractivity contribution in [3.63, 3.8) is 0 Å². The standard InChI is InChI=1S/C20H27N5O3S/c1-4-18(17-13-15(2)5-7-19(17)26)22-23-20-8-6-16(14-21-20)29(27,28)25-11-9-24(3)10-12-25/h5-8,13-14,26H,4,9-12H2,1-3H3,(H,21,23)/p+1/b22-18+. The van der Waals surface area contributed by atoms with Gasteiger partial charge < -0.3 is 10.0 Å². The molecule has 0 spiro atoms. The summed E-state index contributed by atoms with van der Waals surface area (Å²) in [4.78, 5) is 5.71. The molecule has 0 aliphatic carbocycles. The van der Waals surface area contributed by atoms with E-state index in [1.807, 2.05) is 26.0 Å². The Labute approximate surface area is 171 Å². The highest BCUT2D eigenvalue weighted by Gasteiger charge is 2.29. The fourth-order valence-corrected chi connectivity index (χ4v) is 4.58. The number of anilines is 1. The Balaban J connectivity index is 1.74. The minimum Gasteiger partial charge on any atom is -0.507 e. The van der Waals surface area contributed by atoms with Gasteiger partial charge in [0.1, 0.15) is 16.5 Å². The van der Waals surface area contributed by atoms with E-state index in [9.17, 15) is 13.5 Å². The average Bonchev–Trinajstić information content (AvgIpc) is 2.71. The highest BCUT2D eigenvalue weighted by Crippen LogP contribution is 2.21. The van der Waals surface area contributed by atoms with Gasteiger partial charge in [0.2, 0.25) is 10.0 Å². The number of phenols is 1. The van der Waals surface area contributed by atoms with Crippen LogP contribution in [0.5, 0.6) is 5.75 Å². The van der Waals surface area contributed by atoms with Crippen molar-refractivity contribution in [2.75, 3.05) is 38.7 Å². The van der Waals surface area contributed by atoms with Gasteiger partial charge >= 0.3 is 0 Å². The number of likely N-dealkylation sites (N-methyl/N-ethyl adjacent to an activating group) is 1. The van der Waals surface area contributed by atoms with E-state index >= 15 is 0 Å². The van der Waals surface area contributed by atoms with Gasteiger partial charge in [-0.1, -0.05) is 18.6 Å². The zero-order valence-corrected chi connectivity index (χ0v) is 17.8. The Kier molecular flexibility index (Phi) is 6.51. The monoisotopic (exact) mass is 418 g/mol. The Hall–Kier alpha value is -2.49. The first-order valence-electron chi connectivity index (χ1n) is 9.71. The smallest absolute Gasteiger partial charge is 0.245 e. The van der Waals surface area contributed by atoms with Crippen molar-refractivity contribution in [3.8, 4) is 5.75 Å². The third-order valence-corrected chi connectivity index (χ3v) is 6.94. The minimum absolute atomic E-state index is 0.168. The first-order chi connectivity index (χ1) is 13.8. The first kappa shape index (κ1) is 21.2. The van der Waals surface area contributed by atoms with E-state index in [1.165, 1.54) is 15.4 Å². The normalized spacial score (nSPS) is 16.7. The van der Waals surface area contributed by atoms with Crippen molar-refractivity contribution in [2.45, 2.75) is 25.2 Å². The number of aryl methyl sites for hydroxylation is 1. The number of pyridine rings is 1. The molecule has 0 atom stereocenters. The predicted molar refractivity (Wildman–Crippen MR) is 113 cm³/mol. The molecule has 1 aromatic carbocycles. The van der Waals surface area contributed by atoms with Crippen molar-refractivity contribution in [2.24, 2.45) is 5.10 Å². The third-order valence-electron chi connectivity index (χ3n) is 5.05. The molecule has 2 aromatic rings. The molecular formula is C20H28N5O3S+. The van der Waals surface area contributed by atoms with Gasteiger partial charge in [0.15, 0.2) is 0 Å².